The molecule has 1 saturated carbocycles. The van der Waals surface area contributed by atoms with Crippen LogP contribution in [0.1, 0.15) is 31.2 Å². The zero-order valence-electron chi connectivity index (χ0n) is 24.2. The first-order chi connectivity index (χ1) is 21.1. The minimum Gasteiger partial charge on any atom is -0.463 e. The van der Waals surface area contributed by atoms with Crippen molar-refractivity contribution in [3.63, 3.8) is 0 Å². The van der Waals surface area contributed by atoms with Gasteiger partial charge < -0.3 is 19.7 Å². The van der Waals surface area contributed by atoms with Gasteiger partial charge in [0.1, 0.15) is 11.6 Å². The van der Waals surface area contributed by atoms with Crippen LogP contribution in [0.15, 0.2) is 42.5 Å². The number of benzene rings is 2. The lowest BCUT2D eigenvalue weighted by Gasteiger charge is -2.34. The minimum absolute atomic E-state index is 0.137. The van der Waals surface area contributed by atoms with E-state index in [1.165, 1.54) is 18.9 Å². The van der Waals surface area contributed by atoms with Crippen LogP contribution >= 0.6 is 0 Å². The molecule has 2 atom stereocenters. The van der Waals surface area contributed by atoms with Crippen LogP contribution in [-0.4, -0.2) is 84.5 Å². The van der Waals surface area contributed by atoms with Gasteiger partial charge in [0.05, 0.1) is 36.5 Å². The number of nitrogens with zero attached hydrogens (tertiary/aromatic N) is 5. The van der Waals surface area contributed by atoms with Crippen LogP contribution in [0, 0.1) is 23.6 Å². The summed E-state index contributed by atoms with van der Waals surface area (Å²) in [5.74, 6) is 3.01. The van der Waals surface area contributed by atoms with Crippen molar-refractivity contribution in [2.75, 3.05) is 57.4 Å². The molecule has 4 aliphatic rings. The molecule has 1 aliphatic carbocycles. The maximum Gasteiger partial charge on any atom is 0.320 e. The summed E-state index contributed by atoms with van der Waals surface area (Å²) in [5, 5.41) is 6.15. The van der Waals surface area contributed by atoms with Crippen molar-refractivity contribution in [2.45, 2.75) is 37.8 Å². The predicted octanol–water partition coefficient (Wildman–Crippen LogP) is 4.40. The maximum absolute atomic E-state index is 14.8. The number of morpholine rings is 1. The largest absolute Gasteiger partial charge is 0.463 e. The molecule has 9 heteroatoms. The fourth-order valence-corrected chi connectivity index (χ4v) is 7.08. The number of terminal acetylenes is 1. The molecule has 1 N–H and O–H groups in total. The molecule has 8 nitrogen and oxygen atoms in total. The average molecular weight is 579 g/mol. The van der Waals surface area contributed by atoms with Gasteiger partial charge in [0.2, 0.25) is 0 Å². The summed E-state index contributed by atoms with van der Waals surface area (Å²) in [5.41, 5.74) is 2.41. The molecular formula is C34H35FN6O2. The number of fused-ring (bicyclic) bond motifs is 4. The summed E-state index contributed by atoms with van der Waals surface area (Å²) >= 11 is 0. The van der Waals surface area contributed by atoms with E-state index in [0.717, 1.165) is 80.9 Å². The predicted molar refractivity (Wildman–Crippen MR) is 165 cm³/mol. The van der Waals surface area contributed by atoms with E-state index in [0.29, 0.717) is 41.4 Å². The Morgan fingerprint density at radius 3 is 2.60 bits per heavy atom. The molecule has 3 aliphatic heterocycles. The van der Waals surface area contributed by atoms with Gasteiger partial charge in [0.25, 0.3) is 0 Å². The zero-order chi connectivity index (χ0) is 29.0. The first kappa shape index (κ1) is 26.8. The molecule has 2 unspecified atom stereocenters. The van der Waals surface area contributed by atoms with E-state index in [9.17, 15) is 4.39 Å². The van der Waals surface area contributed by atoms with Gasteiger partial charge in [-0.2, -0.15) is 9.97 Å². The number of halogens is 1. The van der Waals surface area contributed by atoms with Crippen LogP contribution in [0.2, 0.25) is 0 Å². The molecule has 0 radical (unpaired) electrons. The van der Waals surface area contributed by atoms with E-state index in [4.69, 9.17) is 30.8 Å². The lowest BCUT2D eigenvalue weighted by Crippen LogP contribution is -2.51. The molecule has 43 heavy (non-hydrogen) atoms. The number of hydrogen-bond donors (Lipinski definition) is 1. The highest BCUT2D eigenvalue weighted by atomic mass is 19.1. The third-order valence-electron chi connectivity index (χ3n) is 9.58. The molecule has 3 saturated heterocycles. The Hall–Kier alpha value is -3.84. The lowest BCUT2D eigenvalue weighted by atomic mass is 9.96. The Balaban J connectivity index is 1.18. The van der Waals surface area contributed by atoms with Crippen molar-refractivity contribution >= 4 is 27.6 Å². The smallest absolute Gasteiger partial charge is 0.320 e. The highest BCUT2D eigenvalue weighted by Gasteiger charge is 2.45. The molecule has 2 bridgehead atoms. The summed E-state index contributed by atoms with van der Waals surface area (Å²) in [6.07, 6.45) is 10.4. The van der Waals surface area contributed by atoms with Crippen LogP contribution in [-0.2, 0) is 4.74 Å². The number of ether oxygens (including phenoxy) is 2. The monoisotopic (exact) mass is 578 g/mol. The van der Waals surface area contributed by atoms with Crippen molar-refractivity contribution in [1.29, 1.82) is 0 Å². The topological polar surface area (TPSA) is 75.6 Å². The molecule has 8 rings (SSSR count). The second-order valence-electron chi connectivity index (χ2n) is 12.6. The number of rotatable bonds is 7. The molecule has 0 amide bonds. The standard InChI is InChI=1S/C34H35FN6O2/c1-2-25-28(35)10-6-22-4-3-5-26(30(22)25)29-11-9-27-31(37-29)38-33(39-32(27)41-18-23-7-8-24(19-41)36-23)43-21-34(12-13-34)20-40-14-16-42-17-15-40/h1,3-6,9-11,23-24,36H,7-8,12-21H2. The van der Waals surface area contributed by atoms with Gasteiger partial charge in [0.15, 0.2) is 5.65 Å². The number of aromatic nitrogens is 3. The molecule has 0 spiro atoms. The first-order valence-corrected chi connectivity index (χ1v) is 15.4. The summed E-state index contributed by atoms with van der Waals surface area (Å²) in [6, 6.07) is 14.3. The van der Waals surface area contributed by atoms with Crippen molar-refractivity contribution in [1.82, 2.24) is 25.2 Å². The molecule has 2 aromatic carbocycles. The lowest BCUT2D eigenvalue weighted by molar-refractivity contribution is 0.0231. The summed E-state index contributed by atoms with van der Waals surface area (Å²) < 4.78 is 26.7. The van der Waals surface area contributed by atoms with Crippen molar-refractivity contribution in [3.05, 3.63) is 53.8 Å². The van der Waals surface area contributed by atoms with Gasteiger partial charge in [-0.25, -0.2) is 9.37 Å². The van der Waals surface area contributed by atoms with Crippen LogP contribution < -0.4 is 15.0 Å². The minimum atomic E-state index is -0.414. The van der Waals surface area contributed by atoms with Gasteiger partial charge >= 0.3 is 6.01 Å². The highest BCUT2D eigenvalue weighted by molar-refractivity contribution is 6.01. The fraction of sp³-hybridized carbons (Fsp3) is 0.441. The Morgan fingerprint density at radius 1 is 1.02 bits per heavy atom. The third-order valence-corrected chi connectivity index (χ3v) is 9.58. The van der Waals surface area contributed by atoms with E-state index in [-0.39, 0.29) is 11.0 Å². The van der Waals surface area contributed by atoms with Crippen molar-refractivity contribution < 1.29 is 13.9 Å². The first-order valence-electron chi connectivity index (χ1n) is 15.4. The third kappa shape index (κ3) is 5.07. The number of pyridine rings is 1. The van der Waals surface area contributed by atoms with Crippen LogP contribution in [0.3, 0.4) is 0 Å². The Kier molecular flexibility index (Phi) is 6.66. The second-order valence-corrected chi connectivity index (χ2v) is 12.6. The number of piperazine rings is 1. The van der Waals surface area contributed by atoms with Gasteiger partial charge in [-0.1, -0.05) is 30.2 Å². The van der Waals surface area contributed by atoms with Gasteiger partial charge in [-0.05, 0) is 49.3 Å². The van der Waals surface area contributed by atoms with Gasteiger partial charge in [-0.3, -0.25) is 4.90 Å². The molecule has 220 valence electrons. The van der Waals surface area contributed by atoms with Crippen molar-refractivity contribution in [3.8, 4) is 29.6 Å². The van der Waals surface area contributed by atoms with Gasteiger partial charge in [0, 0.05) is 61.2 Å². The van der Waals surface area contributed by atoms with E-state index < -0.39 is 5.82 Å². The molecule has 4 aromatic rings. The summed E-state index contributed by atoms with van der Waals surface area (Å²) in [6.45, 7) is 6.89. The molecule has 5 heterocycles. The number of hydrogen-bond acceptors (Lipinski definition) is 8. The average Bonchev–Trinajstić information content (AvgIpc) is 3.72. The maximum atomic E-state index is 14.8. The molecular weight excluding hydrogens is 543 g/mol. The van der Waals surface area contributed by atoms with E-state index >= 15 is 0 Å². The highest BCUT2D eigenvalue weighted by Crippen LogP contribution is 2.46. The fourth-order valence-electron chi connectivity index (χ4n) is 7.08. The number of nitrogens with one attached hydrogen (secondary N) is 1. The van der Waals surface area contributed by atoms with Gasteiger partial charge in [-0.15, -0.1) is 6.42 Å². The normalized spacial score (nSPS) is 23.0. The zero-order valence-corrected chi connectivity index (χ0v) is 24.2. The van der Waals surface area contributed by atoms with E-state index in [2.05, 4.69) is 21.0 Å². The van der Waals surface area contributed by atoms with E-state index in [1.54, 1.807) is 6.07 Å². The van der Waals surface area contributed by atoms with Crippen LogP contribution in [0.4, 0.5) is 10.2 Å². The van der Waals surface area contributed by atoms with E-state index in [1.807, 2.05) is 30.3 Å². The van der Waals surface area contributed by atoms with Crippen LogP contribution in [0.25, 0.3) is 33.1 Å². The van der Waals surface area contributed by atoms with Crippen molar-refractivity contribution in [2.24, 2.45) is 5.41 Å². The second kappa shape index (κ2) is 10.7. The Labute approximate surface area is 250 Å². The van der Waals surface area contributed by atoms with Crippen LogP contribution in [0.5, 0.6) is 6.01 Å². The summed E-state index contributed by atoms with van der Waals surface area (Å²) in [4.78, 5) is 19.7. The SMILES string of the molecule is C#Cc1c(F)ccc2cccc(-c3ccc4c(N5CC6CCC(C5)N6)nc(OCC5(CN6CCOCC6)CC5)nc4n3)c12. The number of anilines is 1. The Morgan fingerprint density at radius 2 is 1.84 bits per heavy atom. The summed E-state index contributed by atoms with van der Waals surface area (Å²) in [7, 11) is 0. The Bertz CT molecular complexity index is 1730. The molecule has 2 aromatic heterocycles. The quantitative estimate of drug-likeness (QED) is 0.324. The molecule has 4 fully saturated rings.